The third-order valence-electron chi connectivity index (χ3n) is 6.06. The van der Waals surface area contributed by atoms with Gasteiger partial charge in [-0.2, -0.15) is 0 Å². The van der Waals surface area contributed by atoms with Crippen molar-refractivity contribution < 1.29 is 23.5 Å². The smallest absolute Gasteiger partial charge is 0.259 e. The second-order valence-electron chi connectivity index (χ2n) is 7.74. The van der Waals surface area contributed by atoms with Gasteiger partial charge in [0, 0.05) is 17.5 Å². The first-order valence-electron chi connectivity index (χ1n) is 10.2. The maximum atomic E-state index is 13.0. The molecule has 2 aromatic carbocycles. The zero-order chi connectivity index (χ0) is 22.2. The number of amides is 3. The van der Waals surface area contributed by atoms with Crippen LogP contribution in [0.1, 0.15) is 47.9 Å². The summed E-state index contributed by atoms with van der Waals surface area (Å²) in [5.41, 5.74) is 1.76. The zero-order valence-electron chi connectivity index (χ0n) is 17.7. The molecule has 0 radical (unpaired) electrons. The monoisotopic (exact) mass is 420 g/mol. The Morgan fingerprint density at radius 2 is 1.94 bits per heavy atom. The Morgan fingerprint density at radius 3 is 2.58 bits per heavy atom. The maximum Gasteiger partial charge on any atom is 0.259 e. The Kier molecular flexibility index (Phi) is 5.27. The van der Waals surface area contributed by atoms with Crippen LogP contribution in [-0.2, 0) is 15.0 Å². The average Bonchev–Trinajstić information content (AvgIpc) is 3.09. The molecule has 3 aromatic rings. The number of fused-ring (bicyclic) bond motifs is 1. The molecule has 1 aliphatic heterocycles. The fraction of sp³-hybridized carbons (Fsp3) is 0.292. The van der Waals surface area contributed by atoms with E-state index in [2.05, 4.69) is 10.6 Å². The zero-order valence-corrected chi connectivity index (χ0v) is 17.7. The number of furan rings is 1. The normalized spacial score (nSPS) is 18.7. The van der Waals surface area contributed by atoms with Crippen LogP contribution >= 0.6 is 0 Å². The molecule has 7 nitrogen and oxygen atoms in total. The van der Waals surface area contributed by atoms with Crippen LogP contribution in [0, 0.1) is 6.92 Å². The van der Waals surface area contributed by atoms with E-state index in [1.165, 1.54) is 0 Å². The van der Waals surface area contributed by atoms with Crippen LogP contribution in [0.4, 0.5) is 5.69 Å². The Labute approximate surface area is 179 Å². The van der Waals surface area contributed by atoms with Crippen molar-refractivity contribution in [3.05, 3.63) is 59.4 Å². The quantitative estimate of drug-likeness (QED) is 0.606. The summed E-state index contributed by atoms with van der Waals surface area (Å²) in [5, 5.41) is 6.03. The second kappa shape index (κ2) is 7.91. The molecule has 1 aromatic heterocycles. The van der Waals surface area contributed by atoms with Crippen LogP contribution in [0.5, 0.6) is 5.75 Å². The van der Waals surface area contributed by atoms with Gasteiger partial charge in [-0.3, -0.25) is 19.7 Å². The van der Waals surface area contributed by atoms with Crippen LogP contribution < -0.4 is 15.4 Å². The van der Waals surface area contributed by atoms with Gasteiger partial charge in [-0.15, -0.1) is 0 Å². The van der Waals surface area contributed by atoms with Gasteiger partial charge >= 0.3 is 0 Å². The molecule has 0 bridgehead atoms. The van der Waals surface area contributed by atoms with Crippen LogP contribution in [0.2, 0.25) is 0 Å². The highest BCUT2D eigenvalue weighted by molar-refractivity contribution is 6.13. The summed E-state index contributed by atoms with van der Waals surface area (Å²) in [5.74, 6) is 0.366. The largest absolute Gasteiger partial charge is 0.497 e. The number of hydrogen-bond acceptors (Lipinski definition) is 5. The lowest BCUT2D eigenvalue weighted by atomic mass is 9.72. The van der Waals surface area contributed by atoms with Crippen molar-refractivity contribution >= 4 is 34.4 Å². The lowest BCUT2D eigenvalue weighted by Gasteiger charge is -2.35. The molecule has 7 heteroatoms. The van der Waals surface area contributed by atoms with Gasteiger partial charge in [0.1, 0.15) is 17.1 Å². The molecular formula is C24H24N2O5. The molecule has 1 saturated heterocycles. The number of carbonyl (C=O) groups excluding carboxylic acids is 3. The number of methoxy groups -OCH3 is 1. The van der Waals surface area contributed by atoms with E-state index in [-0.39, 0.29) is 17.7 Å². The van der Waals surface area contributed by atoms with Crippen molar-refractivity contribution in [2.45, 2.75) is 38.5 Å². The molecule has 1 unspecified atom stereocenters. The number of anilines is 1. The molecule has 2 heterocycles. The predicted octanol–water partition coefficient (Wildman–Crippen LogP) is 4.09. The molecule has 0 saturated carbocycles. The summed E-state index contributed by atoms with van der Waals surface area (Å²) < 4.78 is 11.0. The van der Waals surface area contributed by atoms with Gasteiger partial charge < -0.3 is 14.5 Å². The second-order valence-corrected chi connectivity index (χ2v) is 7.74. The van der Waals surface area contributed by atoms with Gasteiger partial charge in [0.15, 0.2) is 0 Å². The third kappa shape index (κ3) is 3.56. The van der Waals surface area contributed by atoms with Crippen LogP contribution in [0.25, 0.3) is 11.0 Å². The van der Waals surface area contributed by atoms with Crippen molar-refractivity contribution in [1.29, 1.82) is 0 Å². The van der Waals surface area contributed by atoms with Crippen molar-refractivity contribution in [3.8, 4) is 5.75 Å². The fourth-order valence-electron chi connectivity index (χ4n) is 4.24. The van der Waals surface area contributed by atoms with E-state index in [1.54, 1.807) is 44.4 Å². The van der Waals surface area contributed by atoms with E-state index in [9.17, 15) is 14.4 Å². The Morgan fingerprint density at radius 1 is 1.19 bits per heavy atom. The van der Waals surface area contributed by atoms with Crippen molar-refractivity contribution in [2.75, 3.05) is 12.4 Å². The molecule has 1 aliphatic rings. The van der Waals surface area contributed by atoms with Crippen molar-refractivity contribution in [1.82, 2.24) is 5.32 Å². The van der Waals surface area contributed by atoms with Gasteiger partial charge in [-0.1, -0.05) is 19.1 Å². The van der Waals surface area contributed by atoms with E-state index >= 15 is 0 Å². The van der Waals surface area contributed by atoms with E-state index in [0.29, 0.717) is 53.0 Å². The lowest BCUT2D eigenvalue weighted by molar-refractivity contribution is -0.138. The number of aryl methyl sites for hydroxylation is 1. The topological polar surface area (TPSA) is 97.6 Å². The molecule has 4 rings (SSSR count). The molecule has 3 amide bonds. The van der Waals surface area contributed by atoms with Gasteiger partial charge in [0.05, 0.1) is 18.1 Å². The summed E-state index contributed by atoms with van der Waals surface area (Å²) in [6.07, 6.45) is 1.37. The number of rotatable bonds is 5. The van der Waals surface area contributed by atoms with E-state index in [1.807, 2.05) is 19.1 Å². The molecule has 160 valence electrons. The number of imide groups is 1. The summed E-state index contributed by atoms with van der Waals surface area (Å²) in [6, 6.07) is 12.5. The number of hydrogen-bond donors (Lipinski definition) is 2. The van der Waals surface area contributed by atoms with E-state index in [0.717, 1.165) is 5.56 Å². The minimum atomic E-state index is -0.732. The van der Waals surface area contributed by atoms with Crippen LogP contribution in [0.15, 0.2) is 46.9 Å². The third-order valence-corrected chi connectivity index (χ3v) is 6.06. The van der Waals surface area contributed by atoms with Gasteiger partial charge in [-0.25, -0.2) is 0 Å². The highest BCUT2D eigenvalue weighted by Crippen LogP contribution is 2.36. The Hall–Kier alpha value is -3.61. The predicted molar refractivity (Wildman–Crippen MR) is 116 cm³/mol. The minimum Gasteiger partial charge on any atom is -0.497 e. The molecule has 2 N–H and O–H groups in total. The number of ether oxygens (including phenoxy) is 1. The Bertz CT molecular complexity index is 1180. The Balaban J connectivity index is 1.59. The first-order chi connectivity index (χ1) is 14.9. The maximum absolute atomic E-state index is 13.0. The van der Waals surface area contributed by atoms with Gasteiger partial charge in [0.2, 0.25) is 11.8 Å². The fourth-order valence-corrected chi connectivity index (χ4v) is 4.24. The first kappa shape index (κ1) is 20.7. The molecule has 31 heavy (non-hydrogen) atoms. The molecular weight excluding hydrogens is 396 g/mol. The SMILES string of the molecule is CCC1(c2ccc(NC(=O)c3c(C)oc4ccc(OC)cc34)cc2)CCC(=O)NC1=O. The molecule has 0 spiro atoms. The van der Waals surface area contributed by atoms with E-state index < -0.39 is 5.41 Å². The van der Waals surface area contributed by atoms with Gasteiger partial charge in [0.25, 0.3) is 5.91 Å². The number of benzene rings is 2. The first-order valence-corrected chi connectivity index (χ1v) is 10.2. The van der Waals surface area contributed by atoms with Gasteiger partial charge in [-0.05, 0) is 55.7 Å². The molecule has 0 aliphatic carbocycles. The minimum absolute atomic E-state index is 0.239. The summed E-state index contributed by atoms with van der Waals surface area (Å²) in [7, 11) is 1.57. The summed E-state index contributed by atoms with van der Waals surface area (Å²) >= 11 is 0. The highest BCUT2D eigenvalue weighted by atomic mass is 16.5. The highest BCUT2D eigenvalue weighted by Gasteiger charge is 2.42. The standard InChI is InChI=1S/C24H24N2O5/c1-4-24(12-11-20(27)26-23(24)29)15-5-7-16(8-6-15)25-22(28)21-14(2)31-19-10-9-17(30-3)13-18(19)21/h5-10,13H,4,11-12H2,1-3H3,(H,25,28)(H,26,27,29). The van der Waals surface area contributed by atoms with Crippen LogP contribution in [0.3, 0.4) is 0 Å². The molecule has 1 atom stereocenters. The summed E-state index contributed by atoms with van der Waals surface area (Å²) in [6.45, 7) is 3.69. The average molecular weight is 420 g/mol. The lowest BCUT2D eigenvalue weighted by Crippen LogP contribution is -2.51. The van der Waals surface area contributed by atoms with Crippen molar-refractivity contribution in [3.63, 3.8) is 0 Å². The molecule has 1 fully saturated rings. The summed E-state index contributed by atoms with van der Waals surface area (Å²) in [4.78, 5) is 37.1. The van der Waals surface area contributed by atoms with Crippen LogP contribution in [-0.4, -0.2) is 24.8 Å². The number of nitrogens with one attached hydrogen (secondary N) is 2. The van der Waals surface area contributed by atoms with Crippen molar-refractivity contribution in [2.24, 2.45) is 0 Å². The number of piperidine rings is 1. The van der Waals surface area contributed by atoms with E-state index in [4.69, 9.17) is 9.15 Å². The number of carbonyl (C=O) groups is 3.